The number of aromatic amines is 1. The Kier molecular flexibility index (Phi) is 1.89. The Labute approximate surface area is 72.4 Å². The average molecular weight is 165 g/mol. The molecule has 0 aliphatic heterocycles. The van der Waals surface area contributed by atoms with Crippen LogP contribution in [0.2, 0.25) is 0 Å². The first-order chi connectivity index (χ1) is 5.85. The lowest BCUT2D eigenvalue weighted by Crippen LogP contribution is -2.00. The number of hydrogen-bond donors (Lipinski definition) is 2. The second-order valence-electron chi connectivity index (χ2n) is 3.38. The van der Waals surface area contributed by atoms with Gasteiger partial charge < -0.3 is 10.7 Å². The van der Waals surface area contributed by atoms with E-state index in [0.717, 1.165) is 23.6 Å². The van der Waals surface area contributed by atoms with Crippen LogP contribution in [0.4, 0.5) is 0 Å². The molecule has 1 heterocycles. The van der Waals surface area contributed by atoms with Gasteiger partial charge in [-0.25, -0.2) is 4.98 Å². The highest BCUT2D eigenvalue weighted by atomic mass is 15.0. The molecule has 3 N–H and O–H groups in total. The van der Waals surface area contributed by atoms with Crippen molar-refractivity contribution in [1.29, 1.82) is 0 Å². The maximum absolute atomic E-state index is 5.59. The van der Waals surface area contributed by atoms with E-state index in [0.29, 0.717) is 12.5 Å². The van der Waals surface area contributed by atoms with Gasteiger partial charge >= 0.3 is 0 Å². The van der Waals surface area contributed by atoms with Crippen molar-refractivity contribution in [2.75, 3.05) is 0 Å². The van der Waals surface area contributed by atoms with Crippen LogP contribution >= 0.6 is 0 Å². The van der Waals surface area contributed by atoms with E-state index in [1.54, 1.807) is 0 Å². The zero-order chi connectivity index (χ0) is 8.55. The maximum Gasteiger partial charge on any atom is 0.109 e. The molecule has 1 aromatic rings. The summed E-state index contributed by atoms with van der Waals surface area (Å²) >= 11 is 0. The molecule has 0 aromatic carbocycles. The van der Waals surface area contributed by atoms with Gasteiger partial charge in [-0.1, -0.05) is 6.92 Å². The molecule has 0 unspecified atom stereocenters. The molecule has 0 bridgehead atoms. The second kappa shape index (κ2) is 2.90. The van der Waals surface area contributed by atoms with Gasteiger partial charge in [0.15, 0.2) is 0 Å². The van der Waals surface area contributed by atoms with Crippen molar-refractivity contribution >= 4 is 0 Å². The fourth-order valence-corrected chi connectivity index (χ4v) is 1.48. The standard InChI is InChI=1S/C9H15N3/c1-2-7-8(5-10)12-9(11-7)6-3-4-6/h6H,2-5,10H2,1H3,(H,11,12). The number of nitrogens with one attached hydrogen (secondary N) is 1. The van der Waals surface area contributed by atoms with Gasteiger partial charge in [0.2, 0.25) is 0 Å². The van der Waals surface area contributed by atoms with Gasteiger partial charge in [0.1, 0.15) is 5.82 Å². The highest BCUT2D eigenvalue weighted by Crippen LogP contribution is 2.38. The number of H-pyrrole nitrogens is 1. The molecule has 66 valence electrons. The first-order valence-electron chi connectivity index (χ1n) is 4.62. The zero-order valence-corrected chi connectivity index (χ0v) is 7.43. The first kappa shape index (κ1) is 7.80. The Balaban J connectivity index is 2.27. The van der Waals surface area contributed by atoms with Crippen LogP contribution in [-0.4, -0.2) is 9.97 Å². The van der Waals surface area contributed by atoms with Crippen molar-refractivity contribution < 1.29 is 0 Å². The molecular weight excluding hydrogens is 150 g/mol. The third kappa shape index (κ3) is 1.25. The Hall–Kier alpha value is -0.830. The summed E-state index contributed by atoms with van der Waals surface area (Å²) in [5.74, 6) is 1.86. The fourth-order valence-electron chi connectivity index (χ4n) is 1.48. The second-order valence-corrected chi connectivity index (χ2v) is 3.38. The van der Waals surface area contributed by atoms with Crippen molar-refractivity contribution in [2.24, 2.45) is 5.73 Å². The number of aromatic nitrogens is 2. The van der Waals surface area contributed by atoms with Crippen LogP contribution in [0.3, 0.4) is 0 Å². The molecule has 3 heteroatoms. The van der Waals surface area contributed by atoms with Gasteiger partial charge in [0.05, 0.1) is 11.4 Å². The average Bonchev–Trinajstić information content (AvgIpc) is 2.85. The van der Waals surface area contributed by atoms with Crippen LogP contribution in [0.15, 0.2) is 0 Å². The van der Waals surface area contributed by atoms with E-state index in [2.05, 4.69) is 16.9 Å². The molecule has 2 rings (SSSR count). The lowest BCUT2D eigenvalue weighted by Gasteiger charge is -1.92. The van der Waals surface area contributed by atoms with E-state index >= 15 is 0 Å². The molecule has 0 spiro atoms. The summed E-state index contributed by atoms with van der Waals surface area (Å²) in [5.41, 5.74) is 7.87. The van der Waals surface area contributed by atoms with Crippen molar-refractivity contribution in [3.63, 3.8) is 0 Å². The van der Waals surface area contributed by atoms with Gasteiger partial charge in [-0.3, -0.25) is 0 Å². The Morgan fingerprint density at radius 1 is 1.58 bits per heavy atom. The summed E-state index contributed by atoms with van der Waals surface area (Å²) in [6, 6.07) is 0. The van der Waals surface area contributed by atoms with Gasteiger partial charge in [0.25, 0.3) is 0 Å². The Bertz CT molecular complexity index is 252. The minimum Gasteiger partial charge on any atom is -0.344 e. The molecule has 12 heavy (non-hydrogen) atoms. The van der Waals surface area contributed by atoms with E-state index in [-0.39, 0.29) is 0 Å². The van der Waals surface area contributed by atoms with E-state index in [1.165, 1.54) is 12.8 Å². The van der Waals surface area contributed by atoms with Gasteiger partial charge in [-0.2, -0.15) is 0 Å². The van der Waals surface area contributed by atoms with Crippen molar-refractivity contribution in [3.05, 3.63) is 17.2 Å². The summed E-state index contributed by atoms with van der Waals surface area (Å²) in [7, 11) is 0. The molecule has 0 amide bonds. The van der Waals surface area contributed by atoms with Crippen LogP contribution in [0.5, 0.6) is 0 Å². The van der Waals surface area contributed by atoms with E-state index in [1.807, 2.05) is 0 Å². The molecule has 1 saturated carbocycles. The number of imidazole rings is 1. The van der Waals surface area contributed by atoms with Crippen molar-refractivity contribution in [2.45, 2.75) is 38.6 Å². The fraction of sp³-hybridized carbons (Fsp3) is 0.667. The summed E-state index contributed by atoms with van der Waals surface area (Å²) in [6.07, 6.45) is 3.57. The summed E-state index contributed by atoms with van der Waals surface area (Å²) < 4.78 is 0. The topological polar surface area (TPSA) is 54.7 Å². The van der Waals surface area contributed by atoms with Crippen LogP contribution in [0, 0.1) is 0 Å². The predicted octanol–water partition coefficient (Wildman–Crippen LogP) is 1.31. The third-order valence-electron chi connectivity index (χ3n) is 2.39. The Morgan fingerprint density at radius 3 is 2.75 bits per heavy atom. The van der Waals surface area contributed by atoms with Gasteiger partial charge in [0, 0.05) is 12.5 Å². The molecule has 0 atom stereocenters. The molecule has 3 nitrogen and oxygen atoms in total. The molecule has 1 fully saturated rings. The highest BCUT2D eigenvalue weighted by Gasteiger charge is 2.27. The highest BCUT2D eigenvalue weighted by molar-refractivity contribution is 5.18. The van der Waals surface area contributed by atoms with Crippen LogP contribution < -0.4 is 5.73 Å². The zero-order valence-electron chi connectivity index (χ0n) is 7.43. The number of nitrogens with zero attached hydrogens (tertiary/aromatic N) is 1. The smallest absolute Gasteiger partial charge is 0.109 e. The summed E-state index contributed by atoms with van der Waals surface area (Å²) in [6.45, 7) is 2.70. The normalized spacial score (nSPS) is 16.8. The minimum absolute atomic E-state index is 0.586. The van der Waals surface area contributed by atoms with E-state index in [9.17, 15) is 0 Å². The number of aryl methyl sites for hydroxylation is 1. The number of hydrogen-bond acceptors (Lipinski definition) is 2. The lowest BCUT2D eigenvalue weighted by atomic mass is 10.3. The van der Waals surface area contributed by atoms with Crippen LogP contribution in [0.25, 0.3) is 0 Å². The molecule has 0 saturated heterocycles. The minimum atomic E-state index is 0.586. The van der Waals surface area contributed by atoms with E-state index in [4.69, 9.17) is 5.73 Å². The first-order valence-corrected chi connectivity index (χ1v) is 4.62. The lowest BCUT2D eigenvalue weighted by molar-refractivity contribution is 0.939. The summed E-state index contributed by atoms with van der Waals surface area (Å²) in [4.78, 5) is 7.83. The molecular formula is C9H15N3. The van der Waals surface area contributed by atoms with Crippen LogP contribution in [0.1, 0.15) is 42.9 Å². The van der Waals surface area contributed by atoms with Crippen LogP contribution in [-0.2, 0) is 13.0 Å². The third-order valence-corrected chi connectivity index (χ3v) is 2.39. The monoisotopic (exact) mass is 165 g/mol. The van der Waals surface area contributed by atoms with Crippen molar-refractivity contribution in [1.82, 2.24) is 9.97 Å². The molecule has 0 radical (unpaired) electrons. The van der Waals surface area contributed by atoms with E-state index < -0.39 is 0 Å². The van der Waals surface area contributed by atoms with Crippen molar-refractivity contribution in [3.8, 4) is 0 Å². The molecule has 1 aliphatic rings. The van der Waals surface area contributed by atoms with Gasteiger partial charge in [-0.05, 0) is 19.3 Å². The number of nitrogens with two attached hydrogens (primary N) is 1. The number of rotatable bonds is 3. The molecule has 1 aromatic heterocycles. The quantitative estimate of drug-likeness (QED) is 0.709. The Morgan fingerprint density at radius 2 is 2.33 bits per heavy atom. The SMILES string of the molecule is CCc1nc(C2CC2)[nH]c1CN. The van der Waals surface area contributed by atoms with Gasteiger partial charge in [-0.15, -0.1) is 0 Å². The predicted molar refractivity (Wildman–Crippen MR) is 47.8 cm³/mol. The molecule has 1 aliphatic carbocycles. The maximum atomic E-state index is 5.59. The largest absolute Gasteiger partial charge is 0.344 e. The summed E-state index contributed by atoms with van der Waals surface area (Å²) in [5, 5.41) is 0.